The van der Waals surface area contributed by atoms with Crippen molar-refractivity contribution in [3.8, 4) is 0 Å². The van der Waals surface area contributed by atoms with Gasteiger partial charge in [-0.2, -0.15) is 0 Å². The molecule has 1 aromatic carbocycles. The van der Waals surface area contributed by atoms with Crippen LogP contribution in [0.3, 0.4) is 0 Å². The van der Waals surface area contributed by atoms with Crippen molar-refractivity contribution in [2.75, 3.05) is 0 Å². The number of hydrogen-bond donors (Lipinski definition) is 1. The first kappa shape index (κ1) is 7.47. The Kier molecular flexibility index (Phi) is 1.18. The van der Waals surface area contributed by atoms with Crippen LogP contribution in [0.1, 0.15) is 35.8 Å². The molecule has 0 aliphatic heterocycles. The SMILES string of the molecule is O[C@@H]1C[C@H]2c3ccccc3[C@H]1[C@H]1C[C@@H]12. The average molecular weight is 186 g/mol. The molecule has 2 bridgehead atoms. The topological polar surface area (TPSA) is 20.2 Å². The second-order valence-electron chi connectivity index (χ2n) is 5.13. The molecule has 1 N–H and O–H groups in total. The standard InChI is InChI=1S/C13H14O/c14-12-6-10-7-3-1-2-4-8(7)13(12)11-5-9(10)11/h1-4,9-14H,5-6H2/t9-,10+,11+,12-,13+/m1/s1. The average Bonchev–Trinajstić information content (AvgIpc) is 2.98. The van der Waals surface area contributed by atoms with Crippen LogP contribution in [0.2, 0.25) is 0 Å². The van der Waals surface area contributed by atoms with E-state index in [1.165, 1.54) is 12.0 Å². The van der Waals surface area contributed by atoms with Crippen molar-refractivity contribution < 1.29 is 5.11 Å². The van der Waals surface area contributed by atoms with E-state index in [2.05, 4.69) is 24.3 Å². The summed E-state index contributed by atoms with van der Waals surface area (Å²) < 4.78 is 0. The van der Waals surface area contributed by atoms with E-state index in [1.54, 1.807) is 5.56 Å². The summed E-state index contributed by atoms with van der Waals surface area (Å²) in [5, 5.41) is 10.0. The van der Waals surface area contributed by atoms with Crippen molar-refractivity contribution in [3.05, 3.63) is 35.4 Å². The monoisotopic (exact) mass is 186 g/mol. The molecular formula is C13H14O. The first-order valence-corrected chi connectivity index (χ1v) is 5.63. The van der Waals surface area contributed by atoms with E-state index >= 15 is 0 Å². The number of fused-ring (bicyclic) bond motifs is 1. The molecule has 5 atom stereocenters. The van der Waals surface area contributed by atoms with E-state index in [1.807, 2.05) is 0 Å². The molecule has 1 heteroatoms. The highest BCUT2D eigenvalue weighted by molar-refractivity contribution is 5.44. The van der Waals surface area contributed by atoms with Gasteiger partial charge in [-0.05, 0) is 41.7 Å². The van der Waals surface area contributed by atoms with Crippen LogP contribution in [0.25, 0.3) is 0 Å². The number of hydrogen-bond acceptors (Lipinski definition) is 1. The molecule has 14 heavy (non-hydrogen) atoms. The van der Waals surface area contributed by atoms with Crippen molar-refractivity contribution in [1.82, 2.24) is 0 Å². The van der Waals surface area contributed by atoms with Crippen LogP contribution >= 0.6 is 0 Å². The molecule has 0 heterocycles. The molecule has 2 saturated carbocycles. The van der Waals surface area contributed by atoms with Gasteiger partial charge in [-0.25, -0.2) is 0 Å². The van der Waals surface area contributed by atoms with Crippen molar-refractivity contribution in [2.24, 2.45) is 11.8 Å². The van der Waals surface area contributed by atoms with Crippen LogP contribution in [0, 0.1) is 11.8 Å². The maximum Gasteiger partial charge on any atom is 0.0617 e. The molecule has 1 nitrogen and oxygen atoms in total. The Morgan fingerprint density at radius 2 is 1.79 bits per heavy atom. The third-order valence-electron chi connectivity index (χ3n) is 4.53. The van der Waals surface area contributed by atoms with Crippen LogP contribution < -0.4 is 0 Å². The molecule has 0 radical (unpaired) electrons. The van der Waals surface area contributed by atoms with Gasteiger partial charge in [-0.1, -0.05) is 24.3 Å². The van der Waals surface area contributed by atoms with Gasteiger partial charge in [0.15, 0.2) is 0 Å². The fourth-order valence-corrected chi connectivity index (χ4v) is 3.93. The summed E-state index contributed by atoms with van der Waals surface area (Å²) in [6.07, 6.45) is 2.32. The minimum Gasteiger partial charge on any atom is -0.392 e. The van der Waals surface area contributed by atoms with Gasteiger partial charge in [0.05, 0.1) is 6.10 Å². The minimum atomic E-state index is -0.0568. The number of aliphatic hydroxyl groups is 1. The van der Waals surface area contributed by atoms with Crippen molar-refractivity contribution in [2.45, 2.75) is 30.8 Å². The molecule has 4 aliphatic carbocycles. The van der Waals surface area contributed by atoms with E-state index < -0.39 is 0 Å². The molecule has 0 saturated heterocycles. The van der Waals surface area contributed by atoms with Gasteiger partial charge < -0.3 is 5.11 Å². The first-order valence-electron chi connectivity index (χ1n) is 5.63. The Labute approximate surface area is 83.8 Å². The zero-order valence-corrected chi connectivity index (χ0v) is 8.06. The van der Waals surface area contributed by atoms with E-state index in [0.717, 1.165) is 18.3 Å². The fraction of sp³-hybridized carbons (Fsp3) is 0.538. The van der Waals surface area contributed by atoms with Crippen molar-refractivity contribution >= 4 is 0 Å². The van der Waals surface area contributed by atoms with E-state index in [-0.39, 0.29) is 6.10 Å². The Morgan fingerprint density at radius 3 is 2.64 bits per heavy atom. The summed E-state index contributed by atoms with van der Waals surface area (Å²) in [6, 6.07) is 8.75. The first-order chi connectivity index (χ1) is 6.86. The zero-order chi connectivity index (χ0) is 9.28. The molecule has 2 fully saturated rings. The maximum atomic E-state index is 10.0. The van der Waals surface area contributed by atoms with Gasteiger partial charge in [-0.15, -0.1) is 0 Å². The molecule has 0 aromatic heterocycles. The van der Waals surface area contributed by atoms with Crippen LogP contribution in [-0.2, 0) is 0 Å². The third-order valence-corrected chi connectivity index (χ3v) is 4.53. The summed E-state index contributed by atoms with van der Waals surface area (Å²) in [4.78, 5) is 0. The van der Waals surface area contributed by atoms with E-state index in [9.17, 15) is 5.11 Å². The second kappa shape index (κ2) is 2.22. The van der Waals surface area contributed by atoms with Gasteiger partial charge >= 0.3 is 0 Å². The molecule has 1 aromatic rings. The van der Waals surface area contributed by atoms with E-state index in [4.69, 9.17) is 0 Å². The molecule has 4 aliphatic rings. The van der Waals surface area contributed by atoms with Gasteiger partial charge in [0.25, 0.3) is 0 Å². The lowest BCUT2D eigenvalue weighted by molar-refractivity contribution is 0.0773. The lowest BCUT2D eigenvalue weighted by Gasteiger charge is -2.41. The molecule has 0 unspecified atom stereocenters. The van der Waals surface area contributed by atoms with Crippen LogP contribution in [0.15, 0.2) is 24.3 Å². The summed E-state index contributed by atoms with van der Waals surface area (Å²) in [7, 11) is 0. The summed E-state index contributed by atoms with van der Waals surface area (Å²) in [5.74, 6) is 2.88. The molecule has 5 rings (SSSR count). The number of benzene rings is 1. The van der Waals surface area contributed by atoms with Gasteiger partial charge in [-0.3, -0.25) is 0 Å². The normalized spacial score (nSPS) is 47.1. The summed E-state index contributed by atoms with van der Waals surface area (Å²) in [6.45, 7) is 0. The van der Waals surface area contributed by atoms with E-state index in [0.29, 0.717) is 11.8 Å². The third kappa shape index (κ3) is 0.718. The largest absolute Gasteiger partial charge is 0.392 e. The summed E-state index contributed by atoms with van der Waals surface area (Å²) in [5.41, 5.74) is 3.00. The Hall–Kier alpha value is -0.820. The minimum absolute atomic E-state index is 0.0568. The van der Waals surface area contributed by atoms with Gasteiger partial charge in [0, 0.05) is 5.92 Å². The van der Waals surface area contributed by atoms with Crippen LogP contribution in [0.5, 0.6) is 0 Å². The Morgan fingerprint density at radius 1 is 1.00 bits per heavy atom. The molecule has 0 amide bonds. The predicted octanol–water partition coefficient (Wildman–Crippen LogP) is 2.27. The quantitative estimate of drug-likeness (QED) is 0.659. The summed E-state index contributed by atoms with van der Waals surface area (Å²) >= 11 is 0. The Balaban J connectivity index is 1.96. The molecule has 0 spiro atoms. The fourth-order valence-electron chi connectivity index (χ4n) is 3.93. The maximum absolute atomic E-state index is 10.0. The highest BCUT2D eigenvalue weighted by atomic mass is 16.3. The van der Waals surface area contributed by atoms with Crippen molar-refractivity contribution in [1.29, 1.82) is 0 Å². The second-order valence-corrected chi connectivity index (χ2v) is 5.13. The highest BCUT2D eigenvalue weighted by Gasteiger charge is 2.58. The molecule has 72 valence electrons. The van der Waals surface area contributed by atoms with Crippen molar-refractivity contribution in [3.63, 3.8) is 0 Å². The lowest BCUT2D eigenvalue weighted by Crippen LogP contribution is -2.35. The van der Waals surface area contributed by atoms with Gasteiger partial charge in [0.2, 0.25) is 0 Å². The smallest absolute Gasteiger partial charge is 0.0617 e. The lowest BCUT2D eigenvalue weighted by atomic mass is 9.66. The zero-order valence-electron chi connectivity index (χ0n) is 8.06. The van der Waals surface area contributed by atoms with Crippen LogP contribution in [0.4, 0.5) is 0 Å². The number of aliphatic hydroxyl groups excluding tert-OH is 1. The molecular weight excluding hydrogens is 172 g/mol. The number of rotatable bonds is 0. The van der Waals surface area contributed by atoms with Gasteiger partial charge in [0.1, 0.15) is 0 Å². The Bertz CT molecular complexity index is 396. The highest BCUT2D eigenvalue weighted by Crippen LogP contribution is 2.66. The van der Waals surface area contributed by atoms with Crippen LogP contribution in [-0.4, -0.2) is 11.2 Å². The predicted molar refractivity (Wildman–Crippen MR) is 54.1 cm³/mol.